The average molecular weight is 456 g/mol. The molecule has 3 atom stereocenters. The molecule has 9 nitrogen and oxygen atoms in total. The zero-order chi connectivity index (χ0) is 22.6. The molecule has 1 aliphatic carbocycles. The summed E-state index contributed by atoms with van der Waals surface area (Å²) in [7, 11) is -1.81. The Balaban J connectivity index is 1.44. The summed E-state index contributed by atoms with van der Waals surface area (Å²) in [6, 6.07) is 8.71. The number of likely N-dealkylation sites (tertiary alicyclic amines) is 1. The van der Waals surface area contributed by atoms with Crippen molar-refractivity contribution in [3.8, 4) is 0 Å². The number of hydrogen-bond donors (Lipinski definition) is 1. The molecule has 1 amide bonds. The van der Waals surface area contributed by atoms with Crippen molar-refractivity contribution >= 4 is 33.0 Å². The molecule has 1 unspecified atom stereocenters. The minimum atomic E-state index is -3.78. The minimum absolute atomic E-state index is 0.209. The van der Waals surface area contributed by atoms with Gasteiger partial charge in [0.1, 0.15) is 12.1 Å². The van der Waals surface area contributed by atoms with Gasteiger partial charge in [-0.1, -0.05) is 17.7 Å². The van der Waals surface area contributed by atoms with Crippen LogP contribution in [0, 0.1) is 18.8 Å². The second-order valence-electron chi connectivity index (χ2n) is 8.81. The summed E-state index contributed by atoms with van der Waals surface area (Å²) in [6.45, 7) is 3.07. The van der Waals surface area contributed by atoms with Crippen molar-refractivity contribution in [2.75, 3.05) is 25.0 Å². The molecule has 2 aromatic heterocycles. The molecule has 0 radical (unpaired) electrons. The number of benzene rings is 1. The fraction of sp³-hybridized carbons (Fsp3) is 0.409. The monoisotopic (exact) mass is 455 g/mol. The van der Waals surface area contributed by atoms with E-state index in [1.165, 1.54) is 21.4 Å². The molecule has 1 N–H and O–H groups in total. The van der Waals surface area contributed by atoms with Crippen LogP contribution >= 0.6 is 0 Å². The maximum atomic E-state index is 13.2. The highest BCUT2D eigenvalue weighted by atomic mass is 32.2. The topological polar surface area (TPSA) is 109 Å². The summed E-state index contributed by atoms with van der Waals surface area (Å²) in [5.74, 6) is 1.39. The molecule has 3 heterocycles. The van der Waals surface area contributed by atoms with Gasteiger partial charge in [-0.3, -0.25) is 0 Å². The second kappa shape index (κ2) is 7.47. The molecule has 3 aromatic rings. The number of aromatic nitrogens is 3. The Bertz CT molecular complexity index is 1270. The molecule has 32 heavy (non-hydrogen) atoms. The summed E-state index contributed by atoms with van der Waals surface area (Å²) in [6.07, 6.45) is 3.85. The number of fused-ring (bicyclic) bond motifs is 2. The Morgan fingerprint density at radius 2 is 1.75 bits per heavy atom. The van der Waals surface area contributed by atoms with Gasteiger partial charge in [-0.25, -0.2) is 27.2 Å². The van der Waals surface area contributed by atoms with Crippen molar-refractivity contribution in [3.05, 3.63) is 48.4 Å². The van der Waals surface area contributed by atoms with E-state index in [2.05, 4.69) is 14.9 Å². The van der Waals surface area contributed by atoms with Gasteiger partial charge in [0.15, 0.2) is 5.65 Å². The molecular formula is C22H25N5O4S. The van der Waals surface area contributed by atoms with Crippen molar-refractivity contribution in [2.45, 2.75) is 30.7 Å². The van der Waals surface area contributed by atoms with Gasteiger partial charge in [0.25, 0.3) is 10.0 Å². The van der Waals surface area contributed by atoms with E-state index >= 15 is 0 Å². The highest BCUT2D eigenvalue weighted by Crippen LogP contribution is 2.41. The largest absolute Gasteiger partial charge is 0.465 e. The van der Waals surface area contributed by atoms with Crippen LogP contribution in [-0.4, -0.2) is 64.6 Å². The third kappa shape index (κ3) is 3.29. The first-order chi connectivity index (χ1) is 15.3. The molecule has 1 aliphatic heterocycles. The van der Waals surface area contributed by atoms with Crippen LogP contribution in [0.3, 0.4) is 0 Å². The molecule has 5 rings (SSSR count). The van der Waals surface area contributed by atoms with Gasteiger partial charge in [-0.15, -0.1) is 0 Å². The van der Waals surface area contributed by atoms with Crippen LogP contribution in [0.5, 0.6) is 0 Å². The number of carboxylic acid groups (broad SMARTS) is 1. The molecule has 0 bridgehead atoms. The molecule has 2 fully saturated rings. The summed E-state index contributed by atoms with van der Waals surface area (Å²) < 4.78 is 27.6. The van der Waals surface area contributed by atoms with Gasteiger partial charge in [0, 0.05) is 32.4 Å². The number of nitrogens with zero attached hydrogens (tertiary/aromatic N) is 5. The summed E-state index contributed by atoms with van der Waals surface area (Å²) in [5, 5.41) is 9.93. The lowest BCUT2D eigenvalue weighted by molar-refractivity contribution is 0.152. The van der Waals surface area contributed by atoms with E-state index in [4.69, 9.17) is 0 Å². The van der Waals surface area contributed by atoms with Crippen molar-refractivity contribution in [2.24, 2.45) is 11.8 Å². The van der Waals surface area contributed by atoms with E-state index in [-0.39, 0.29) is 10.9 Å². The standard InChI is InChI=1S/C22H25N5O4S/c1-14-3-5-18(6-4-14)32(30,31)27-8-7-19-20(23-13-24-21(19)27)25(2)17-9-15-11-26(22(28)29)12-16(15)10-17/h3-8,13,15-17H,9-12H2,1-2H3,(H,28,29)/t15-,16+,17?. The average Bonchev–Trinajstić information content (AvgIpc) is 3.46. The SMILES string of the molecule is Cc1ccc(S(=O)(=O)n2ccc3c(N(C)C4C[C@@H]5CN(C(=O)O)C[C@@H]5C4)ncnc32)cc1. The van der Waals surface area contributed by atoms with Crippen LogP contribution in [0.25, 0.3) is 11.0 Å². The van der Waals surface area contributed by atoms with Crippen molar-refractivity contribution in [3.63, 3.8) is 0 Å². The molecule has 0 spiro atoms. The Hall–Kier alpha value is -3.14. The van der Waals surface area contributed by atoms with Crippen LogP contribution in [0.4, 0.5) is 10.6 Å². The first-order valence-corrected chi connectivity index (χ1v) is 12.0. The second-order valence-corrected chi connectivity index (χ2v) is 10.6. The number of rotatable bonds is 4. The van der Waals surface area contributed by atoms with Crippen molar-refractivity contribution in [1.82, 2.24) is 18.8 Å². The highest BCUT2D eigenvalue weighted by Gasteiger charge is 2.44. The van der Waals surface area contributed by atoms with Crippen LogP contribution in [0.1, 0.15) is 18.4 Å². The molecule has 1 saturated heterocycles. The summed E-state index contributed by atoms with van der Waals surface area (Å²) in [5.41, 5.74) is 1.33. The van der Waals surface area contributed by atoms with Gasteiger partial charge < -0.3 is 14.9 Å². The Morgan fingerprint density at radius 3 is 2.38 bits per heavy atom. The fourth-order valence-electron chi connectivity index (χ4n) is 5.13. The lowest BCUT2D eigenvalue weighted by Crippen LogP contribution is -2.34. The van der Waals surface area contributed by atoms with E-state index in [1.807, 2.05) is 14.0 Å². The molecule has 2 aliphatic rings. The smallest absolute Gasteiger partial charge is 0.407 e. The van der Waals surface area contributed by atoms with Gasteiger partial charge in [-0.2, -0.15) is 0 Å². The zero-order valence-electron chi connectivity index (χ0n) is 17.9. The minimum Gasteiger partial charge on any atom is -0.465 e. The molecule has 168 valence electrons. The quantitative estimate of drug-likeness (QED) is 0.644. The maximum Gasteiger partial charge on any atom is 0.407 e. The highest BCUT2D eigenvalue weighted by molar-refractivity contribution is 7.90. The normalized spacial score (nSPS) is 22.9. The third-order valence-corrected chi connectivity index (χ3v) is 8.56. The van der Waals surface area contributed by atoms with Crippen LogP contribution in [0.2, 0.25) is 0 Å². The number of carbonyl (C=O) groups is 1. The molecule has 1 saturated carbocycles. The van der Waals surface area contributed by atoms with E-state index in [9.17, 15) is 18.3 Å². The lowest BCUT2D eigenvalue weighted by atomic mass is 10.0. The number of amides is 1. The van der Waals surface area contributed by atoms with Crippen molar-refractivity contribution < 1.29 is 18.3 Å². The Morgan fingerprint density at radius 1 is 1.09 bits per heavy atom. The van der Waals surface area contributed by atoms with Crippen molar-refractivity contribution in [1.29, 1.82) is 0 Å². The number of aryl methyl sites for hydroxylation is 1. The fourth-order valence-corrected chi connectivity index (χ4v) is 6.43. The van der Waals surface area contributed by atoms with Gasteiger partial charge in [0.2, 0.25) is 0 Å². The number of anilines is 1. The van der Waals surface area contributed by atoms with Gasteiger partial charge >= 0.3 is 6.09 Å². The molecule has 1 aromatic carbocycles. The predicted octanol–water partition coefficient (Wildman–Crippen LogP) is 2.80. The van der Waals surface area contributed by atoms with E-state index in [0.717, 1.165) is 18.4 Å². The number of hydrogen-bond acceptors (Lipinski definition) is 6. The summed E-state index contributed by atoms with van der Waals surface area (Å²) in [4.78, 5) is 23.8. The van der Waals surface area contributed by atoms with Crippen LogP contribution in [0.15, 0.2) is 47.8 Å². The van der Waals surface area contributed by atoms with Gasteiger partial charge in [-0.05, 0) is 49.8 Å². The van der Waals surface area contributed by atoms with E-state index in [1.54, 1.807) is 30.3 Å². The van der Waals surface area contributed by atoms with Crippen LogP contribution in [-0.2, 0) is 10.0 Å². The summed E-state index contributed by atoms with van der Waals surface area (Å²) >= 11 is 0. The van der Waals surface area contributed by atoms with Crippen LogP contribution < -0.4 is 4.90 Å². The first kappa shape index (κ1) is 20.7. The maximum absolute atomic E-state index is 13.2. The van der Waals surface area contributed by atoms with E-state index in [0.29, 0.717) is 41.8 Å². The Kier molecular flexibility index (Phi) is 4.85. The Labute approximate surface area is 186 Å². The van der Waals surface area contributed by atoms with E-state index < -0.39 is 16.1 Å². The lowest BCUT2D eigenvalue weighted by Gasteiger charge is -2.27. The van der Waals surface area contributed by atoms with Gasteiger partial charge in [0.05, 0.1) is 10.3 Å². The first-order valence-electron chi connectivity index (χ1n) is 10.6. The predicted molar refractivity (Wildman–Crippen MR) is 119 cm³/mol. The molecular weight excluding hydrogens is 430 g/mol. The molecule has 10 heteroatoms. The zero-order valence-corrected chi connectivity index (χ0v) is 18.7. The third-order valence-electron chi connectivity index (χ3n) is 6.88.